The number of ether oxygens (including phenoxy) is 2. The summed E-state index contributed by atoms with van der Waals surface area (Å²) in [5, 5.41) is 3.36. The highest BCUT2D eigenvalue weighted by Gasteiger charge is 2.27. The average Bonchev–Trinajstić information content (AvgIpc) is 2.30. The summed E-state index contributed by atoms with van der Waals surface area (Å²) in [5.41, 5.74) is 1.33. The molecule has 3 nitrogen and oxygen atoms in total. The first-order chi connectivity index (χ1) is 7.70. The Morgan fingerprint density at radius 1 is 1.50 bits per heavy atom. The number of hydrogen-bond acceptors (Lipinski definition) is 3. The Morgan fingerprint density at radius 3 is 2.69 bits per heavy atom. The van der Waals surface area contributed by atoms with Crippen LogP contribution in [0.5, 0.6) is 0 Å². The third-order valence-electron chi connectivity index (χ3n) is 3.02. The zero-order valence-corrected chi connectivity index (χ0v) is 11.0. The van der Waals surface area contributed by atoms with Crippen LogP contribution in [0.4, 0.5) is 0 Å². The van der Waals surface area contributed by atoms with Crippen molar-refractivity contribution in [2.24, 2.45) is 5.92 Å². The Hall–Kier alpha value is -0.540. The Morgan fingerprint density at radius 2 is 2.25 bits per heavy atom. The van der Waals surface area contributed by atoms with Crippen molar-refractivity contribution in [1.82, 2.24) is 5.32 Å². The van der Waals surface area contributed by atoms with Gasteiger partial charge < -0.3 is 14.8 Å². The topological polar surface area (TPSA) is 30.5 Å². The molecule has 1 aliphatic heterocycles. The molecule has 16 heavy (non-hydrogen) atoms. The average molecular weight is 227 g/mol. The number of likely N-dealkylation sites (N-methyl/N-ethyl adjacent to an activating group) is 1. The number of nitrogens with one attached hydrogen (secondary N) is 1. The molecule has 0 aliphatic carbocycles. The van der Waals surface area contributed by atoms with Crippen molar-refractivity contribution >= 4 is 0 Å². The van der Waals surface area contributed by atoms with Crippen molar-refractivity contribution < 1.29 is 9.47 Å². The third-order valence-corrected chi connectivity index (χ3v) is 3.02. The lowest BCUT2D eigenvalue weighted by molar-refractivity contribution is 0.0110. The first kappa shape index (κ1) is 13.5. The van der Waals surface area contributed by atoms with E-state index in [1.807, 2.05) is 20.2 Å². The van der Waals surface area contributed by atoms with Crippen LogP contribution >= 0.6 is 0 Å². The summed E-state index contributed by atoms with van der Waals surface area (Å²) in [7, 11) is 1.99. The van der Waals surface area contributed by atoms with E-state index in [4.69, 9.17) is 9.47 Å². The summed E-state index contributed by atoms with van der Waals surface area (Å²) in [6, 6.07) is 0.278. The maximum Gasteiger partial charge on any atom is 0.0876 e. The molecule has 0 fully saturated rings. The Labute approximate surface area is 99.2 Å². The zero-order valence-electron chi connectivity index (χ0n) is 11.0. The second-order valence-electron chi connectivity index (χ2n) is 4.60. The molecule has 0 radical (unpaired) electrons. The van der Waals surface area contributed by atoms with Crippen LogP contribution in [0, 0.1) is 5.92 Å². The van der Waals surface area contributed by atoms with Gasteiger partial charge in [-0.2, -0.15) is 0 Å². The molecule has 1 N–H and O–H groups in total. The molecule has 1 rings (SSSR count). The molecule has 1 heterocycles. The van der Waals surface area contributed by atoms with Gasteiger partial charge in [0, 0.05) is 6.61 Å². The first-order valence-electron chi connectivity index (χ1n) is 6.30. The minimum absolute atomic E-state index is 0.225. The maximum absolute atomic E-state index is 5.85. The standard InChI is InChI=1S/C13H25NO2/c1-5-16-13(10(2)3)12(14-4)11-7-6-8-15-9-11/h9-10,12-14H,5-8H2,1-4H3. The molecule has 0 spiro atoms. The Kier molecular flexibility index (Phi) is 5.85. The molecule has 0 amide bonds. The van der Waals surface area contributed by atoms with Crippen molar-refractivity contribution in [2.45, 2.75) is 45.8 Å². The minimum atomic E-state index is 0.225. The molecular weight excluding hydrogens is 202 g/mol. The van der Waals surface area contributed by atoms with E-state index in [1.54, 1.807) is 0 Å². The maximum atomic E-state index is 5.85. The smallest absolute Gasteiger partial charge is 0.0876 e. The summed E-state index contributed by atoms with van der Waals surface area (Å²) >= 11 is 0. The van der Waals surface area contributed by atoms with Crippen LogP contribution in [0.1, 0.15) is 33.6 Å². The van der Waals surface area contributed by atoms with Gasteiger partial charge >= 0.3 is 0 Å². The van der Waals surface area contributed by atoms with Gasteiger partial charge in [0.2, 0.25) is 0 Å². The van der Waals surface area contributed by atoms with Gasteiger partial charge in [0.15, 0.2) is 0 Å². The van der Waals surface area contributed by atoms with E-state index in [1.165, 1.54) is 5.57 Å². The number of hydrogen-bond donors (Lipinski definition) is 1. The Bertz CT molecular complexity index is 226. The molecule has 94 valence electrons. The molecule has 3 heteroatoms. The fourth-order valence-corrected chi connectivity index (χ4v) is 2.24. The van der Waals surface area contributed by atoms with Crippen LogP contribution < -0.4 is 5.32 Å². The SMILES string of the molecule is CCOC(C(C)C)C(NC)C1=COCCC1. The molecule has 0 bridgehead atoms. The first-order valence-corrected chi connectivity index (χ1v) is 6.30. The summed E-state index contributed by atoms with van der Waals surface area (Å²) in [6.45, 7) is 8.06. The van der Waals surface area contributed by atoms with E-state index in [0.29, 0.717) is 5.92 Å². The molecule has 0 saturated heterocycles. The van der Waals surface area contributed by atoms with Crippen LogP contribution in [0.2, 0.25) is 0 Å². The van der Waals surface area contributed by atoms with E-state index in [-0.39, 0.29) is 12.1 Å². The van der Waals surface area contributed by atoms with Crippen molar-refractivity contribution in [3.63, 3.8) is 0 Å². The second kappa shape index (κ2) is 6.92. The lowest BCUT2D eigenvalue weighted by atomic mass is 9.91. The quantitative estimate of drug-likeness (QED) is 0.755. The van der Waals surface area contributed by atoms with Gasteiger partial charge in [-0.3, -0.25) is 0 Å². The largest absolute Gasteiger partial charge is 0.501 e. The lowest BCUT2D eigenvalue weighted by Gasteiger charge is -2.32. The molecule has 0 aromatic rings. The lowest BCUT2D eigenvalue weighted by Crippen LogP contribution is -2.44. The van der Waals surface area contributed by atoms with Crippen LogP contribution in [0.15, 0.2) is 11.8 Å². The van der Waals surface area contributed by atoms with Gasteiger partial charge in [-0.25, -0.2) is 0 Å². The predicted octanol–water partition coefficient (Wildman–Crippen LogP) is 2.33. The van der Waals surface area contributed by atoms with Crippen molar-refractivity contribution in [1.29, 1.82) is 0 Å². The van der Waals surface area contributed by atoms with Crippen LogP contribution in [-0.2, 0) is 9.47 Å². The normalized spacial score (nSPS) is 20.2. The molecule has 0 aromatic heterocycles. The predicted molar refractivity (Wildman–Crippen MR) is 66.4 cm³/mol. The molecule has 2 unspecified atom stereocenters. The monoisotopic (exact) mass is 227 g/mol. The highest BCUT2D eigenvalue weighted by molar-refractivity contribution is 5.13. The van der Waals surface area contributed by atoms with E-state index in [2.05, 4.69) is 19.2 Å². The summed E-state index contributed by atoms with van der Waals surface area (Å²) in [4.78, 5) is 0. The van der Waals surface area contributed by atoms with E-state index in [0.717, 1.165) is 26.1 Å². The highest BCUT2D eigenvalue weighted by Crippen LogP contribution is 2.23. The van der Waals surface area contributed by atoms with Gasteiger partial charge in [-0.15, -0.1) is 0 Å². The van der Waals surface area contributed by atoms with Gasteiger partial charge in [-0.05, 0) is 38.3 Å². The zero-order chi connectivity index (χ0) is 12.0. The van der Waals surface area contributed by atoms with Crippen LogP contribution in [0.3, 0.4) is 0 Å². The van der Waals surface area contributed by atoms with Gasteiger partial charge in [0.1, 0.15) is 0 Å². The van der Waals surface area contributed by atoms with Gasteiger partial charge in [0.05, 0.1) is 25.0 Å². The summed E-state index contributed by atoms with van der Waals surface area (Å²) < 4.78 is 11.3. The molecule has 0 aromatic carbocycles. The Balaban J connectivity index is 2.72. The van der Waals surface area contributed by atoms with Crippen molar-refractivity contribution in [3.8, 4) is 0 Å². The second-order valence-corrected chi connectivity index (χ2v) is 4.60. The fraction of sp³-hybridized carbons (Fsp3) is 0.846. The number of rotatable bonds is 6. The van der Waals surface area contributed by atoms with Gasteiger partial charge in [0.25, 0.3) is 0 Å². The van der Waals surface area contributed by atoms with E-state index in [9.17, 15) is 0 Å². The van der Waals surface area contributed by atoms with Crippen LogP contribution in [0.25, 0.3) is 0 Å². The minimum Gasteiger partial charge on any atom is -0.501 e. The summed E-state index contributed by atoms with van der Waals surface area (Å²) in [6.07, 6.45) is 4.37. The third kappa shape index (κ3) is 3.49. The highest BCUT2D eigenvalue weighted by atomic mass is 16.5. The van der Waals surface area contributed by atoms with Crippen LogP contribution in [-0.4, -0.2) is 32.4 Å². The fourth-order valence-electron chi connectivity index (χ4n) is 2.24. The summed E-state index contributed by atoms with van der Waals surface area (Å²) in [5.74, 6) is 0.500. The van der Waals surface area contributed by atoms with E-state index < -0.39 is 0 Å². The molecule has 0 saturated carbocycles. The molecular formula is C13H25NO2. The van der Waals surface area contributed by atoms with Crippen molar-refractivity contribution in [3.05, 3.63) is 11.8 Å². The van der Waals surface area contributed by atoms with E-state index >= 15 is 0 Å². The molecule has 2 atom stereocenters. The van der Waals surface area contributed by atoms with Crippen molar-refractivity contribution in [2.75, 3.05) is 20.3 Å². The molecule has 1 aliphatic rings. The van der Waals surface area contributed by atoms with Gasteiger partial charge in [-0.1, -0.05) is 13.8 Å².